The molecule has 162 valence electrons. The maximum atomic E-state index is 3.29. The van der Waals surface area contributed by atoms with E-state index in [-0.39, 0.29) is 39.7 Å². The molecule has 0 N–H and O–H groups in total. The van der Waals surface area contributed by atoms with E-state index in [1.807, 2.05) is 38.9 Å². The standard InChI is InChI=1S/2C12H11.2CH3.2ClH.H2Si.Ti/c2*1-10-7-8-12(9-10)11-5-3-2-4-6-11;;;;;;/h2*2-6,9H,8H2,1H3;2*1H3;2*1H;1H2;/q4*-1;;;;. The quantitative estimate of drug-likeness (QED) is 0.306. The van der Waals surface area contributed by atoms with Gasteiger partial charge in [-0.1, -0.05) is 74.5 Å². The van der Waals surface area contributed by atoms with E-state index in [1.54, 1.807) is 0 Å². The molecule has 0 nitrogen and oxygen atoms in total. The number of halogens is 2. The van der Waals surface area contributed by atoms with Crippen LogP contribution in [0.4, 0.5) is 0 Å². The van der Waals surface area contributed by atoms with Crippen LogP contribution < -0.4 is 0 Å². The van der Waals surface area contributed by atoms with Gasteiger partial charge in [-0.25, -0.2) is 23.3 Å². The van der Waals surface area contributed by atoms with Crippen molar-refractivity contribution in [3.05, 3.63) is 122 Å². The van der Waals surface area contributed by atoms with E-state index >= 15 is 0 Å². The van der Waals surface area contributed by atoms with E-state index in [2.05, 4.69) is 86.7 Å². The predicted molar refractivity (Wildman–Crippen MR) is 139 cm³/mol. The van der Waals surface area contributed by atoms with E-state index in [1.165, 1.54) is 33.4 Å². The molecule has 0 saturated heterocycles. The van der Waals surface area contributed by atoms with Crippen LogP contribution in [0, 0.1) is 27.0 Å². The van der Waals surface area contributed by atoms with Gasteiger partial charge in [-0.05, 0) is 11.1 Å². The first-order chi connectivity index (χ1) is 12.7. The fraction of sp³-hybridized carbons (Fsp3) is 0.154. The molecule has 0 aliphatic heterocycles. The Morgan fingerprint density at radius 3 is 1.17 bits per heavy atom. The molecular formula is C26H32Cl2SiTi-4. The molecule has 0 saturated carbocycles. The van der Waals surface area contributed by atoms with Crippen molar-refractivity contribution in [2.24, 2.45) is 0 Å². The molecule has 0 heterocycles. The Bertz CT molecular complexity index is 766. The van der Waals surface area contributed by atoms with Crippen molar-refractivity contribution in [3.8, 4) is 0 Å². The van der Waals surface area contributed by atoms with Crippen molar-refractivity contribution < 1.29 is 19.2 Å². The SMILES string of the molecule is CC1=[C-]CC(c2ccccc2)=C1.CC1=[C-]CC(c2ccccc2)=C1.Cl.Cl.[CH3-].[CH3-].[SiH2]=[Ti]. The Kier molecular flexibility index (Phi) is 20.9. The van der Waals surface area contributed by atoms with Crippen LogP contribution in [0.25, 0.3) is 11.1 Å². The Morgan fingerprint density at radius 2 is 0.933 bits per heavy atom. The van der Waals surface area contributed by atoms with Crippen LogP contribution in [0.1, 0.15) is 37.8 Å². The molecule has 0 radical (unpaired) electrons. The number of rotatable bonds is 2. The number of allylic oxidation sites excluding steroid dienone is 8. The zero-order valence-electron chi connectivity index (χ0n) is 18.4. The maximum absolute atomic E-state index is 3.29. The first-order valence-electron chi connectivity index (χ1n) is 8.74. The second-order valence-corrected chi connectivity index (χ2v) is 6.14. The second kappa shape index (κ2) is 18.7. The van der Waals surface area contributed by atoms with E-state index in [4.69, 9.17) is 0 Å². The second-order valence-electron chi connectivity index (χ2n) is 6.14. The molecule has 30 heavy (non-hydrogen) atoms. The molecule has 0 spiro atoms. The normalized spacial score (nSPS) is 12.7. The summed E-state index contributed by atoms with van der Waals surface area (Å²) in [5.41, 5.74) is 7.92. The average molecular weight is 491 g/mol. The molecule has 4 rings (SSSR count). The summed E-state index contributed by atoms with van der Waals surface area (Å²) in [6.07, 6.45) is 12.9. The predicted octanol–water partition coefficient (Wildman–Crippen LogP) is 7.27. The average Bonchev–Trinajstić information content (AvgIpc) is 3.34. The van der Waals surface area contributed by atoms with Crippen molar-refractivity contribution in [2.75, 3.05) is 0 Å². The molecule has 0 atom stereocenters. The molecule has 2 aromatic rings. The van der Waals surface area contributed by atoms with Crippen molar-refractivity contribution >= 4 is 43.6 Å². The number of hydrogen-bond acceptors (Lipinski definition) is 0. The summed E-state index contributed by atoms with van der Waals surface area (Å²) in [7, 11) is 1.86. The number of hydrogen-bond donors (Lipinski definition) is 0. The van der Waals surface area contributed by atoms with Gasteiger partial charge in [0.15, 0.2) is 0 Å². The molecule has 4 heteroatoms. The van der Waals surface area contributed by atoms with Gasteiger partial charge in [0.1, 0.15) is 0 Å². The molecule has 2 aromatic carbocycles. The molecule has 0 fully saturated rings. The summed E-state index contributed by atoms with van der Waals surface area (Å²) in [4.78, 5) is 0. The number of benzene rings is 2. The van der Waals surface area contributed by atoms with E-state index in [0.29, 0.717) is 0 Å². The summed E-state index contributed by atoms with van der Waals surface area (Å²) in [6.45, 7) is 4.19. The molecule has 0 unspecified atom stereocenters. The van der Waals surface area contributed by atoms with Gasteiger partial charge in [-0.15, -0.1) is 48.8 Å². The molecule has 2 aliphatic carbocycles. The van der Waals surface area contributed by atoms with Crippen molar-refractivity contribution in [1.29, 1.82) is 0 Å². The molecule has 0 aromatic heterocycles. The fourth-order valence-electron chi connectivity index (χ4n) is 2.87. The van der Waals surface area contributed by atoms with Crippen LogP contribution in [-0.4, -0.2) is 7.63 Å². The summed E-state index contributed by atoms with van der Waals surface area (Å²) in [5.74, 6) is 0. The minimum atomic E-state index is 0. The molecule has 2 aliphatic rings. The Labute approximate surface area is 210 Å². The van der Waals surface area contributed by atoms with Crippen molar-refractivity contribution in [3.63, 3.8) is 0 Å². The van der Waals surface area contributed by atoms with Crippen LogP contribution >= 0.6 is 24.8 Å². The van der Waals surface area contributed by atoms with Gasteiger partial charge in [0.05, 0.1) is 0 Å². The molecule has 0 amide bonds. The van der Waals surface area contributed by atoms with Crippen LogP contribution in [0.5, 0.6) is 0 Å². The third-order valence-corrected chi connectivity index (χ3v) is 4.19. The molecule has 0 bridgehead atoms. The monoisotopic (exact) mass is 490 g/mol. The third kappa shape index (κ3) is 10.8. The van der Waals surface area contributed by atoms with Crippen LogP contribution in [0.15, 0.2) is 84.0 Å². The van der Waals surface area contributed by atoms with Gasteiger partial charge >= 0.3 is 26.8 Å². The minimum absolute atomic E-state index is 0. The molecular weight excluding hydrogens is 459 g/mol. The third-order valence-electron chi connectivity index (χ3n) is 4.19. The first-order valence-corrected chi connectivity index (χ1v) is 12.8. The van der Waals surface area contributed by atoms with Gasteiger partial charge in [0.2, 0.25) is 0 Å². The van der Waals surface area contributed by atoms with E-state index < -0.39 is 0 Å². The van der Waals surface area contributed by atoms with Gasteiger partial charge in [0, 0.05) is 0 Å². The fourth-order valence-corrected chi connectivity index (χ4v) is 2.87. The summed E-state index contributed by atoms with van der Waals surface area (Å²) >= 11 is 2.03. The zero-order chi connectivity index (χ0) is 18.8. The van der Waals surface area contributed by atoms with Crippen molar-refractivity contribution in [1.82, 2.24) is 0 Å². The van der Waals surface area contributed by atoms with Gasteiger partial charge in [-0.3, -0.25) is 12.2 Å². The Hall–Kier alpha value is -1.09. The first kappa shape index (κ1) is 33.5. The zero-order valence-corrected chi connectivity index (χ0v) is 23.0. The van der Waals surface area contributed by atoms with Crippen LogP contribution in [0.2, 0.25) is 0 Å². The van der Waals surface area contributed by atoms with E-state index in [9.17, 15) is 0 Å². The van der Waals surface area contributed by atoms with E-state index in [0.717, 1.165) is 12.8 Å². The van der Waals surface area contributed by atoms with Crippen LogP contribution in [-0.2, 0) is 19.2 Å². The van der Waals surface area contributed by atoms with Gasteiger partial charge in [0.25, 0.3) is 0 Å². The topological polar surface area (TPSA) is 0 Å². The van der Waals surface area contributed by atoms with Gasteiger partial charge in [-0.2, -0.15) is 0 Å². The summed E-state index contributed by atoms with van der Waals surface area (Å²) < 4.78 is 0. The summed E-state index contributed by atoms with van der Waals surface area (Å²) in [6, 6.07) is 21.0. The Morgan fingerprint density at radius 1 is 0.633 bits per heavy atom. The summed E-state index contributed by atoms with van der Waals surface area (Å²) in [5, 5.41) is 0. The van der Waals surface area contributed by atoms with Crippen LogP contribution in [0.3, 0.4) is 0 Å². The van der Waals surface area contributed by atoms with Gasteiger partial charge < -0.3 is 14.9 Å². The van der Waals surface area contributed by atoms with Crippen molar-refractivity contribution in [2.45, 2.75) is 26.7 Å². The Balaban J connectivity index is -0.000000400.